The van der Waals surface area contributed by atoms with Crippen LogP contribution in [-0.2, 0) is 25.7 Å². The molecule has 1 aromatic rings. The predicted molar refractivity (Wildman–Crippen MR) is 87.9 cm³/mol. The minimum atomic E-state index is -0.354. The zero-order valence-electron chi connectivity index (χ0n) is 13.8. The van der Waals surface area contributed by atoms with Gasteiger partial charge in [-0.3, -0.25) is 4.79 Å². The van der Waals surface area contributed by atoms with E-state index in [0.29, 0.717) is 11.6 Å². The lowest BCUT2D eigenvalue weighted by molar-refractivity contribution is -0.153. The summed E-state index contributed by atoms with van der Waals surface area (Å²) in [4.78, 5) is 22.8. The highest BCUT2D eigenvalue weighted by molar-refractivity contribution is 5.88. The number of benzene rings is 1. The largest absolute Gasteiger partial charge is 0.459 e. The minimum Gasteiger partial charge on any atom is -0.459 e. The molecule has 1 aliphatic rings. The third-order valence-electron chi connectivity index (χ3n) is 3.97. The molecule has 1 N–H and O–H groups in total. The van der Waals surface area contributed by atoms with Gasteiger partial charge in [0, 0.05) is 12.6 Å². The number of anilines is 1. The molecular weight excluding hydrogens is 294 g/mol. The summed E-state index contributed by atoms with van der Waals surface area (Å²) in [5.74, 6) is 0.184. The van der Waals surface area contributed by atoms with E-state index >= 15 is 0 Å². The third kappa shape index (κ3) is 6.40. The van der Waals surface area contributed by atoms with Gasteiger partial charge in [0.15, 0.2) is 0 Å². The summed E-state index contributed by atoms with van der Waals surface area (Å²) in [5.41, 5.74) is 1.52. The quantitative estimate of drug-likeness (QED) is 0.817. The van der Waals surface area contributed by atoms with Crippen molar-refractivity contribution < 1.29 is 19.1 Å². The SMILES string of the molecule is CC(=O)Nc1cccc(COC(=O)CO[C@H]2CCC[C@@H](C)C2)c1. The Hall–Kier alpha value is -1.88. The summed E-state index contributed by atoms with van der Waals surface area (Å²) >= 11 is 0. The van der Waals surface area contributed by atoms with Gasteiger partial charge in [0.1, 0.15) is 13.2 Å². The predicted octanol–water partition coefficient (Wildman–Crippen LogP) is 3.28. The molecule has 0 unspecified atom stereocenters. The van der Waals surface area contributed by atoms with Crippen LogP contribution in [0.5, 0.6) is 0 Å². The van der Waals surface area contributed by atoms with Gasteiger partial charge in [0.2, 0.25) is 5.91 Å². The van der Waals surface area contributed by atoms with Crippen LogP contribution >= 0.6 is 0 Å². The average Bonchev–Trinajstić information content (AvgIpc) is 2.51. The van der Waals surface area contributed by atoms with E-state index in [-0.39, 0.29) is 31.2 Å². The number of carbonyl (C=O) groups excluding carboxylic acids is 2. The summed E-state index contributed by atoms with van der Waals surface area (Å²) in [6.07, 6.45) is 4.63. The highest BCUT2D eigenvalue weighted by atomic mass is 16.6. The first kappa shape index (κ1) is 17.5. The molecule has 2 rings (SSSR count). The Kier molecular flexibility index (Phi) is 6.59. The van der Waals surface area contributed by atoms with E-state index in [0.717, 1.165) is 24.8 Å². The van der Waals surface area contributed by atoms with Crippen molar-refractivity contribution in [3.63, 3.8) is 0 Å². The van der Waals surface area contributed by atoms with Crippen molar-refractivity contribution in [2.75, 3.05) is 11.9 Å². The van der Waals surface area contributed by atoms with Crippen LogP contribution in [0.4, 0.5) is 5.69 Å². The van der Waals surface area contributed by atoms with Crippen molar-refractivity contribution in [3.8, 4) is 0 Å². The van der Waals surface area contributed by atoms with E-state index in [1.165, 1.54) is 13.3 Å². The van der Waals surface area contributed by atoms with Gasteiger partial charge >= 0.3 is 5.97 Å². The molecule has 0 aromatic heterocycles. The van der Waals surface area contributed by atoms with E-state index in [2.05, 4.69) is 12.2 Å². The molecule has 1 amide bonds. The van der Waals surface area contributed by atoms with Gasteiger partial charge in [-0.25, -0.2) is 4.79 Å². The maximum Gasteiger partial charge on any atom is 0.332 e. The summed E-state index contributed by atoms with van der Waals surface area (Å²) in [6, 6.07) is 7.25. The lowest BCUT2D eigenvalue weighted by Crippen LogP contribution is -2.25. The molecule has 1 fully saturated rings. The van der Waals surface area contributed by atoms with Crippen molar-refractivity contribution in [2.45, 2.75) is 52.2 Å². The second kappa shape index (κ2) is 8.67. The number of hydrogen-bond donors (Lipinski definition) is 1. The first-order valence-corrected chi connectivity index (χ1v) is 8.16. The monoisotopic (exact) mass is 319 g/mol. The number of esters is 1. The fraction of sp³-hybridized carbons (Fsp3) is 0.556. The van der Waals surface area contributed by atoms with Gasteiger partial charge < -0.3 is 14.8 Å². The van der Waals surface area contributed by atoms with Crippen LogP contribution in [0.15, 0.2) is 24.3 Å². The lowest BCUT2D eigenvalue weighted by Gasteiger charge is -2.26. The molecule has 126 valence electrons. The normalized spacial score (nSPS) is 20.8. The van der Waals surface area contributed by atoms with E-state index in [1.54, 1.807) is 12.1 Å². The van der Waals surface area contributed by atoms with Gasteiger partial charge in [-0.1, -0.05) is 31.9 Å². The summed E-state index contributed by atoms with van der Waals surface area (Å²) in [6.45, 7) is 3.85. The Morgan fingerprint density at radius 2 is 2.13 bits per heavy atom. The second-order valence-corrected chi connectivity index (χ2v) is 6.25. The summed E-state index contributed by atoms with van der Waals surface area (Å²) < 4.78 is 10.9. The van der Waals surface area contributed by atoms with Gasteiger partial charge in [0.05, 0.1) is 6.10 Å². The van der Waals surface area contributed by atoms with Crippen molar-refractivity contribution in [3.05, 3.63) is 29.8 Å². The van der Waals surface area contributed by atoms with Crippen LogP contribution in [0.1, 0.15) is 45.1 Å². The fourth-order valence-corrected chi connectivity index (χ4v) is 2.86. The first-order valence-electron chi connectivity index (χ1n) is 8.16. The Morgan fingerprint density at radius 1 is 1.30 bits per heavy atom. The molecule has 0 bridgehead atoms. The maximum absolute atomic E-state index is 11.8. The summed E-state index contributed by atoms with van der Waals surface area (Å²) in [5, 5.41) is 2.70. The Morgan fingerprint density at radius 3 is 2.87 bits per heavy atom. The fourth-order valence-electron chi connectivity index (χ4n) is 2.86. The molecule has 0 heterocycles. The van der Waals surface area contributed by atoms with Crippen molar-refractivity contribution in [1.82, 2.24) is 0 Å². The number of nitrogens with one attached hydrogen (secondary N) is 1. The van der Waals surface area contributed by atoms with E-state index < -0.39 is 0 Å². The van der Waals surface area contributed by atoms with E-state index in [4.69, 9.17) is 9.47 Å². The molecule has 2 atom stereocenters. The van der Waals surface area contributed by atoms with Gasteiger partial charge in [-0.15, -0.1) is 0 Å². The molecule has 0 spiro atoms. The molecular formula is C18H25NO4. The third-order valence-corrected chi connectivity index (χ3v) is 3.97. The molecule has 1 saturated carbocycles. The zero-order chi connectivity index (χ0) is 16.7. The highest BCUT2D eigenvalue weighted by Crippen LogP contribution is 2.25. The number of ether oxygens (including phenoxy) is 2. The van der Waals surface area contributed by atoms with Crippen LogP contribution in [0.2, 0.25) is 0 Å². The molecule has 1 aliphatic carbocycles. The molecule has 5 nitrogen and oxygen atoms in total. The van der Waals surface area contributed by atoms with Crippen LogP contribution in [-0.4, -0.2) is 24.6 Å². The summed E-state index contributed by atoms with van der Waals surface area (Å²) in [7, 11) is 0. The van der Waals surface area contributed by atoms with Crippen LogP contribution in [0.25, 0.3) is 0 Å². The lowest BCUT2D eigenvalue weighted by atomic mass is 9.89. The van der Waals surface area contributed by atoms with Crippen LogP contribution in [0.3, 0.4) is 0 Å². The first-order chi connectivity index (χ1) is 11.0. The van der Waals surface area contributed by atoms with Gasteiger partial charge in [0.25, 0.3) is 0 Å². The standard InChI is InChI=1S/C18H25NO4/c1-13-5-3-8-17(9-13)22-12-18(21)23-11-15-6-4-7-16(10-15)19-14(2)20/h4,6-7,10,13,17H,3,5,8-9,11-12H2,1-2H3,(H,19,20)/t13-,17+/m1/s1. The molecule has 5 heteroatoms. The van der Waals surface area contributed by atoms with Crippen LogP contribution in [0, 0.1) is 5.92 Å². The van der Waals surface area contributed by atoms with Crippen molar-refractivity contribution >= 4 is 17.6 Å². The Labute approximate surface area is 137 Å². The van der Waals surface area contributed by atoms with Gasteiger partial charge in [-0.2, -0.15) is 0 Å². The smallest absolute Gasteiger partial charge is 0.332 e. The van der Waals surface area contributed by atoms with Crippen molar-refractivity contribution in [2.24, 2.45) is 5.92 Å². The molecule has 0 radical (unpaired) electrons. The maximum atomic E-state index is 11.8. The number of rotatable bonds is 6. The second-order valence-electron chi connectivity index (χ2n) is 6.25. The number of carbonyl (C=O) groups is 2. The Balaban J connectivity index is 1.72. The molecule has 1 aromatic carbocycles. The number of hydrogen-bond acceptors (Lipinski definition) is 4. The molecule has 0 aliphatic heterocycles. The highest BCUT2D eigenvalue weighted by Gasteiger charge is 2.20. The van der Waals surface area contributed by atoms with Crippen molar-refractivity contribution in [1.29, 1.82) is 0 Å². The van der Waals surface area contributed by atoms with Crippen LogP contribution < -0.4 is 5.32 Å². The minimum absolute atomic E-state index is 0.00275. The topological polar surface area (TPSA) is 64.6 Å². The molecule has 23 heavy (non-hydrogen) atoms. The van der Waals surface area contributed by atoms with E-state index in [1.807, 2.05) is 12.1 Å². The zero-order valence-corrected chi connectivity index (χ0v) is 13.8. The van der Waals surface area contributed by atoms with E-state index in [9.17, 15) is 9.59 Å². The Bertz CT molecular complexity index is 544. The average molecular weight is 319 g/mol. The number of amides is 1. The molecule has 0 saturated heterocycles. The van der Waals surface area contributed by atoms with Gasteiger partial charge in [-0.05, 0) is 36.5 Å².